The molecule has 0 aliphatic carbocycles. The van der Waals surface area contributed by atoms with E-state index in [4.69, 9.17) is 5.11 Å². The van der Waals surface area contributed by atoms with Crippen molar-refractivity contribution in [3.05, 3.63) is 28.1 Å². The van der Waals surface area contributed by atoms with Crippen molar-refractivity contribution in [2.45, 2.75) is 0 Å². The molecule has 0 aromatic carbocycles. The van der Waals surface area contributed by atoms with Crippen molar-refractivity contribution in [3.8, 4) is 0 Å². The number of nitrogens with one attached hydrogen (secondary N) is 2. The van der Waals surface area contributed by atoms with E-state index in [1.165, 1.54) is 6.07 Å². The van der Waals surface area contributed by atoms with Crippen molar-refractivity contribution >= 4 is 44.3 Å². The molecule has 5 nitrogen and oxygen atoms in total. The van der Waals surface area contributed by atoms with Gasteiger partial charge in [-0.15, -0.1) is 11.3 Å². The molecule has 0 bridgehead atoms. The van der Waals surface area contributed by atoms with E-state index in [9.17, 15) is 9.59 Å². The summed E-state index contributed by atoms with van der Waals surface area (Å²) in [6.07, 6.45) is 0. The molecule has 2 amide bonds. The van der Waals surface area contributed by atoms with Crippen LogP contribution in [0.5, 0.6) is 0 Å². The number of aromatic carboxylic acids is 1. The van der Waals surface area contributed by atoms with Crippen LogP contribution in [0, 0.1) is 0 Å². The summed E-state index contributed by atoms with van der Waals surface area (Å²) < 4.78 is 0.632. The predicted octanol–water partition coefficient (Wildman–Crippen LogP) is 2.48. The highest BCUT2D eigenvalue weighted by Crippen LogP contribution is 2.22. The summed E-state index contributed by atoms with van der Waals surface area (Å²) in [5, 5.41) is 15.7. The summed E-state index contributed by atoms with van der Waals surface area (Å²) in [5.74, 6) is -1.07. The van der Waals surface area contributed by atoms with Gasteiger partial charge in [0, 0.05) is 4.48 Å². The molecule has 0 aliphatic heterocycles. The van der Waals surface area contributed by atoms with Gasteiger partial charge in [0.15, 0.2) is 0 Å². The number of carboxylic acid groups (broad SMARTS) is 1. The van der Waals surface area contributed by atoms with Crippen molar-refractivity contribution < 1.29 is 14.7 Å². The highest BCUT2D eigenvalue weighted by atomic mass is 79.9. The summed E-state index contributed by atoms with van der Waals surface area (Å²) in [5.41, 5.74) is 0.0813. The van der Waals surface area contributed by atoms with Gasteiger partial charge in [-0.25, -0.2) is 9.59 Å². The lowest BCUT2D eigenvalue weighted by Gasteiger charge is -2.05. The second-order valence-electron chi connectivity index (χ2n) is 2.79. The van der Waals surface area contributed by atoms with Crippen LogP contribution in [0.4, 0.5) is 9.80 Å². The number of rotatable bonds is 4. The van der Waals surface area contributed by atoms with Crippen LogP contribution in [-0.4, -0.2) is 23.7 Å². The third kappa shape index (κ3) is 3.67. The van der Waals surface area contributed by atoms with Gasteiger partial charge in [0.05, 0.1) is 12.1 Å². The van der Waals surface area contributed by atoms with Gasteiger partial charge in [0.25, 0.3) is 0 Å². The zero-order valence-electron chi connectivity index (χ0n) is 8.12. The summed E-state index contributed by atoms with van der Waals surface area (Å²) in [4.78, 5) is 22.1. The third-order valence-corrected chi connectivity index (χ3v) is 2.67. The maximum absolute atomic E-state index is 11.3. The number of halogens is 1. The number of hydrogen-bond donors (Lipinski definition) is 3. The Morgan fingerprint density at radius 3 is 2.81 bits per heavy atom. The van der Waals surface area contributed by atoms with E-state index >= 15 is 0 Å². The molecule has 1 aromatic heterocycles. The second-order valence-corrected chi connectivity index (χ2v) is 4.83. The van der Waals surface area contributed by atoms with Gasteiger partial charge in [0.2, 0.25) is 0 Å². The van der Waals surface area contributed by atoms with E-state index in [-0.39, 0.29) is 12.1 Å². The van der Waals surface area contributed by atoms with E-state index in [0.29, 0.717) is 9.48 Å². The maximum Gasteiger partial charge on any atom is 0.338 e. The molecule has 0 saturated heterocycles. The molecular weight excluding hydrogens is 296 g/mol. The SMILES string of the molecule is C=C(Br)CNC(=O)Nc1sccc1C(=O)O. The number of carbonyl (C=O) groups excluding carboxylic acids is 1. The standard InChI is InChI=1S/C9H9BrN2O3S/c1-5(10)4-11-9(15)12-7-6(8(13)14)2-3-16-7/h2-3H,1,4H2,(H,13,14)(H2,11,12,15). The molecule has 7 heteroatoms. The fourth-order valence-electron chi connectivity index (χ4n) is 0.898. The Morgan fingerprint density at radius 2 is 2.25 bits per heavy atom. The van der Waals surface area contributed by atoms with Crippen molar-refractivity contribution in [1.29, 1.82) is 0 Å². The Hall–Kier alpha value is -1.34. The zero-order valence-corrected chi connectivity index (χ0v) is 10.5. The minimum absolute atomic E-state index is 0.0813. The predicted molar refractivity (Wildman–Crippen MR) is 66.4 cm³/mol. The lowest BCUT2D eigenvalue weighted by atomic mass is 10.3. The van der Waals surface area contributed by atoms with E-state index in [2.05, 4.69) is 33.1 Å². The highest BCUT2D eigenvalue weighted by Gasteiger charge is 2.13. The molecule has 16 heavy (non-hydrogen) atoms. The quantitative estimate of drug-likeness (QED) is 0.799. The Kier molecular flexibility index (Phi) is 4.51. The summed E-state index contributed by atoms with van der Waals surface area (Å²) in [6.45, 7) is 3.83. The van der Waals surface area contributed by atoms with Gasteiger partial charge < -0.3 is 10.4 Å². The van der Waals surface area contributed by atoms with Crippen molar-refractivity contribution in [1.82, 2.24) is 5.32 Å². The van der Waals surface area contributed by atoms with Crippen molar-refractivity contribution in [2.24, 2.45) is 0 Å². The molecule has 0 spiro atoms. The van der Waals surface area contributed by atoms with Crippen LogP contribution >= 0.6 is 27.3 Å². The van der Waals surface area contributed by atoms with E-state index < -0.39 is 12.0 Å². The molecule has 86 valence electrons. The molecule has 0 aliphatic rings. The number of carbonyl (C=O) groups is 2. The van der Waals surface area contributed by atoms with Gasteiger partial charge in [-0.1, -0.05) is 22.5 Å². The normalized spacial score (nSPS) is 9.56. The van der Waals surface area contributed by atoms with E-state index in [1.54, 1.807) is 5.38 Å². The third-order valence-electron chi connectivity index (χ3n) is 1.56. The summed E-state index contributed by atoms with van der Waals surface area (Å²) in [6, 6.07) is 0.969. The molecule has 1 rings (SSSR count). The fraction of sp³-hybridized carbons (Fsp3) is 0.111. The number of carboxylic acids is 1. The number of hydrogen-bond acceptors (Lipinski definition) is 3. The van der Waals surface area contributed by atoms with Gasteiger partial charge >= 0.3 is 12.0 Å². The highest BCUT2D eigenvalue weighted by molar-refractivity contribution is 9.11. The van der Waals surface area contributed by atoms with Gasteiger partial charge in [-0.3, -0.25) is 5.32 Å². The van der Waals surface area contributed by atoms with Crippen LogP contribution in [0.15, 0.2) is 22.5 Å². The van der Waals surface area contributed by atoms with Crippen LogP contribution in [0.1, 0.15) is 10.4 Å². The molecule has 0 unspecified atom stereocenters. The van der Waals surface area contributed by atoms with Gasteiger partial charge in [-0.2, -0.15) is 0 Å². The second kappa shape index (κ2) is 5.66. The topological polar surface area (TPSA) is 78.4 Å². The number of anilines is 1. The first-order chi connectivity index (χ1) is 7.50. The molecule has 3 N–H and O–H groups in total. The number of urea groups is 1. The van der Waals surface area contributed by atoms with Crippen LogP contribution in [0.25, 0.3) is 0 Å². The number of amides is 2. The first kappa shape index (κ1) is 12.7. The average Bonchev–Trinajstić information content (AvgIpc) is 2.62. The smallest absolute Gasteiger partial charge is 0.338 e. The number of thiophene rings is 1. The largest absolute Gasteiger partial charge is 0.478 e. The Morgan fingerprint density at radius 1 is 1.56 bits per heavy atom. The monoisotopic (exact) mass is 304 g/mol. The Labute approximate surface area is 104 Å². The summed E-state index contributed by atoms with van der Waals surface area (Å²) in [7, 11) is 0. The zero-order chi connectivity index (χ0) is 12.1. The minimum Gasteiger partial charge on any atom is -0.478 e. The molecule has 0 fully saturated rings. The first-order valence-electron chi connectivity index (χ1n) is 4.19. The molecular formula is C9H9BrN2O3S. The van der Waals surface area contributed by atoms with E-state index in [1.807, 2.05) is 0 Å². The van der Waals surface area contributed by atoms with Gasteiger partial charge in [0.1, 0.15) is 5.00 Å². The van der Waals surface area contributed by atoms with Crippen LogP contribution in [-0.2, 0) is 0 Å². The summed E-state index contributed by atoms with van der Waals surface area (Å²) >= 11 is 4.24. The Bertz CT molecular complexity index is 430. The molecule has 1 aromatic rings. The first-order valence-corrected chi connectivity index (χ1v) is 5.87. The van der Waals surface area contributed by atoms with Crippen LogP contribution in [0.2, 0.25) is 0 Å². The molecule has 0 atom stereocenters. The van der Waals surface area contributed by atoms with Gasteiger partial charge in [-0.05, 0) is 11.4 Å². The van der Waals surface area contributed by atoms with Crippen molar-refractivity contribution in [3.63, 3.8) is 0 Å². The molecule has 0 saturated carbocycles. The maximum atomic E-state index is 11.3. The Balaban J connectivity index is 2.59. The van der Waals surface area contributed by atoms with E-state index in [0.717, 1.165) is 11.3 Å². The molecule has 0 radical (unpaired) electrons. The van der Waals surface area contributed by atoms with Crippen LogP contribution in [0.3, 0.4) is 0 Å². The minimum atomic E-state index is -1.07. The lowest BCUT2D eigenvalue weighted by molar-refractivity contribution is 0.0698. The van der Waals surface area contributed by atoms with Crippen molar-refractivity contribution in [2.75, 3.05) is 11.9 Å². The fourth-order valence-corrected chi connectivity index (χ4v) is 1.81. The average molecular weight is 305 g/mol. The van der Waals surface area contributed by atoms with Crippen LogP contribution < -0.4 is 10.6 Å². The molecule has 1 heterocycles. The lowest BCUT2D eigenvalue weighted by Crippen LogP contribution is -2.29.